The molecule has 0 bridgehead atoms. The first-order valence-corrected chi connectivity index (χ1v) is 16.8. The van der Waals surface area contributed by atoms with Gasteiger partial charge in [0.25, 0.3) is 0 Å². The molecule has 3 N–H and O–H groups in total. The number of morpholine rings is 1. The number of hydrogen-bond donors (Lipinski definition) is 2. The fourth-order valence-corrected chi connectivity index (χ4v) is 8.18. The van der Waals surface area contributed by atoms with E-state index in [9.17, 15) is 14.0 Å². The van der Waals surface area contributed by atoms with E-state index in [1.165, 1.54) is 6.20 Å². The Hall–Kier alpha value is -3.80. The molecule has 1 saturated carbocycles. The van der Waals surface area contributed by atoms with Gasteiger partial charge in [0.1, 0.15) is 22.9 Å². The number of piperazine rings is 1. The SMILES string of the molecule is C=C1CN(c2nc(OCC3(CN4CCO[C@H](C)C4)CC3)nc3c(F)c(C4=CC(F)=C(F)C5SC(N)=C(C#N)C45)ncc23)CC(CC)N1. The fourth-order valence-electron chi connectivity index (χ4n) is 6.97. The van der Waals surface area contributed by atoms with E-state index in [0.717, 1.165) is 62.4 Å². The normalized spacial score (nSPS) is 27.4. The molecule has 5 heterocycles. The van der Waals surface area contributed by atoms with Crippen LogP contribution in [0.5, 0.6) is 6.01 Å². The fraction of sp³-hybridized carbons (Fsp3) is 0.515. The molecule has 0 amide bonds. The number of hydrogen-bond acceptors (Lipinski definition) is 11. The highest BCUT2D eigenvalue weighted by Crippen LogP contribution is 2.53. The van der Waals surface area contributed by atoms with Crippen LogP contribution in [0, 0.1) is 28.5 Å². The highest BCUT2D eigenvalue weighted by atomic mass is 32.2. The average Bonchev–Trinajstić information content (AvgIpc) is 3.73. The second-order valence-electron chi connectivity index (χ2n) is 13.2. The van der Waals surface area contributed by atoms with Gasteiger partial charge in [-0.3, -0.25) is 9.88 Å². The van der Waals surface area contributed by atoms with Crippen LogP contribution in [0.1, 0.15) is 38.8 Å². The zero-order valence-electron chi connectivity index (χ0n) is 26.4. The summed E-state index contributed by atoms with van der Waals surface area (Å²) in [6.45, 7) is 12.9. The molecular formula is C33H37F3N8O2S. The second kappa shape index (κ2) is 12.3. The van der Waals surface area contributed by atoms with Crippen LogP contribution in [0.4, 0.5) is 19.0 Å². The Balaban J connectivity index is 1.28. The standard InChI is InChI=1S/C33H37F3N8O2S/c1-4-19-14-44(12-17(2)40-19)31-22-11-39-27(20-9-23(34)25(35)29-24(20)21(10-37)30(38)47-29)26(36)28(22)41-32(42-31)46-16-33(5-6-33)15-43-7-8-45-18(3)13-43/h9,11,18-19,24,29,40H,2,4-8,12-16,38H2,1,3H3/t18-,19?,24?,29?/m1/s1. The van der Waals surface area contributed by atoms with Gasteiger partial charge in [-0.1, -0.05) is 25.3 Å². The number of aromatic nitrogens is 3. The van der Waals surface area contributed by atoms with E-state index in [2.05, 4.69) is 40.6 Å². The Morgan fingerprint density at radius 1 is 1.28 bits per heavy atom. The van der Waals surface area contributed by atoms with Crippen molar-refractivity contribution in [3.05, 3.63) is 58.3 Å². The van der Waals surface area contributed by atoms with Gasteiger partial charge in [-0.2, -0.15) is 15.2 Å². The number of ether oxygens (including phenoxy) is 2. The number of rotatable bonds is 8. The predicted octanol–water partition coefficient (Wildman–Crippen LogP) is 4.72. The third-order valence-electron chi connectivity index (χ3n) is 9.64. The number of thioether (sulfide) groups is 1. The molecule has 2 aliphatic carbocycles. The van der Waals surface area contributed by atoms with Crippen LogP contribution in [-0.2, 0) is 4.74 Å². The Morgan fingerprint density at radius 3 is 2.81 bits per heavy atom. The second-order valence-corrected chi connectivity index (χ2v) is 14.3. The number of allylic oxidation sites excluding steroid dienone is 4. The van der Waals surface area contributed by atoms with E-state index >= 15 is 4.39 Å². The maximum atomic E-state index is 16.8. The largest absolute Gasteiger partial charge is 0.463 e. The minimum absolute atomic E-state index is 0.0215. The van der Waals surface area contributed by atoms with Crippen LogP contribution in [0.15, 0.2) is 46.8 Å². The highest BCUT2D eigenvalue weighted by Gasteiger charge is 2.47. The summed E-state index contributed by atoms with van der Waals surface area (Å²) in [5, 5.41) is 12.5. The summed E-state index contributed by atoms with van der Waals surface area (Å²) in [6, 6.07) is 2.12. The Kier molecular flexibility index (Phi) is 8.34. The third-order valence-corrected chi connectivity index (χ3v) is 10.8. The molecule has 4 atom stereocenters. The number of nitriles is 1. The molecule has 0 radical (unpaired) electrons. The molecule has 47 heavy (non-hydrogen) atoms. The van der Waals surface area contributed by atoms with E-state index < -0.39 is 28.6 Å². The summed E-state index contributed by atoms with van der Waals surface area (Å²) in [4.78, 5) is 18.2. The summed E-state index contributed by atoms with van der Waals surface area (Å²) >= 11 is 0.849. The molecule has 10 nitrogen and oxygen atoms in total. The highest BCUT2D eigenvalue weighted by molar-refractivity contribution is 8.04. The van der Waals surface area contributed by atoms with Gasteiger partial charge in [-0.05, 0) is 37.8 Å². The van der Waals surface area contributed by atoms with Crippen molar-refractivity contribution in [3.8, 4) is 12.1 Å². The van der Waals surface area contributed by atoms with Crippen molar-refractivity contribution in [2.24, 2.45) is 17.1 Å². The molecule has 14 heteroatoms. The van der Waals surface area contributed by atoms with E-state index in [-0.39, 0.29) is 51.0 Å². The van der Waals surface area contributed by atoms with Crippen molar-refractivity contribution in [3.63, 3.8) is 0 Å². The molecule has 3 aliphatic heterocycles. The molecule has 5 aliphatic rings. The number of anilines is 1. The van der Waals surface area contributed by atoms with Gasteiger partial charge in [-0.25, -0.2) is 13.2 Å². The van der Waals surface area contributed by atoms with Gasteiger partial charge < -0.3 is 25.4 Å². The van der Waals surface area contributed by atoms with Crippen LogP contribution in [0.25, 0.3) is 16.5 Å². The first kappa shape index (κ1) is 31.8. The number of pyridine rings is 1. The molecular weight excluding hydrogens is 629 g/mol. The van der Waals surface area contributed by atoms with Gasteiger partial charge >= 0.3 is 6.01 Å². The molecule has 2 saturated heterocycles. The van der Waals surface area contributed by atoms with Crippen LogP contribution in [0.3, 0.4) is 0 Å². The molecule has 3 fully saturated rings. The summed E-state index contributed by atoms with van der Waals surface area (Å²) in [6.07, 6.45) is 5.36. The minimum atomic E-state index is -1.15. The Bertz CT molecular complexity index is 1770. The first-order chi connectivity index (χ1) is 22.6. The van der Waals surface area contributed by atoms with E-state index in [1.54, 1.807) is 0 Å². The molecule has 248 valence electrons. The Labute approximate surface area is 275 Å². The van der Waals surface area contributed by atoms with Gasteiger partial charge in [-0.15, -0.1) is 0 Å². The number of nitrogens with two attached hydrogens (primary N) is 1. The van der Waals surface area contributed by atoms with Gasteiger partial charge in [0.15, 0.2) is 11.6 Å². The lowest BCUT2D eigenvalue weighted by Crippen LogP contribution is -2.49. The van der Waals surface area contributed by atoms with Crippen LogP contribution >= 0.6 is 11.8 Å². The van der Waals surface area contributed by atoms with Crippen LogP contribution in [0.2, 0.25) is 0 Å². The predicted molar refractivity (Wildman–Crippen MR) is 174 cm³/mol. The quantitative estimate of drug-likeness (QED) is 0.407. The van der Waals surface area contributed by atoms with Gasteiger partial charge in [0.2, 0.25) is 0 Å². The summed E-state index contributed by atoms with van der Waals surface area (Å²) in [5.74, 6) is -3.58. The van der Waals surface area contributed by atoms with Crippen molar-refractivity contribution in [2.45, 2.75) is 50.5 Å². The van der Waals surface area contributed by atoms with Crippen LogP contribution < -0.4 is 20.7 Å². The lowest BCUT2D eigenvalue weighted by atomic mass is 9.82. The number of nitrogens with zero attached hydrogens (tertiary/aromatic N) is 6. The first-order valence-electron chi connectivity index (χ1n) is 16.0. The lowest BCUT2D eigenvalue weighted by Gasteiger charge is -2.36. The number of halogens is 3. The molecule has 3 unspecified atom stereocenters. The lowest BCUT2D eigenvalue weighted by molar-refractivity contribution is -0.0273. The summed E-state index contributed by atoms with van der Waals surface area (Å²) in [7, 11) is 0. The van der Waals surface area contributed by atoms with E-state index in [0.29, 0.717) is 37.5 Å². The minimum Gasteiger partial charge on any atom is -0.463 e. The molecule has 0 spiro atoms. The smallest absolute Gasteiger partial charge is 0.319 e. The molecule has 0 aromatic carbocycles. The monoisotopic (exact) mass is 666 g/mol. The summed E-state index contributed by atoms with van der Waals surface area (Å²) < 4.78 is 58.5. The molecule has 2 aromatic rings. The topological polar surface area (TPSA) is 125 Å². The Morgan fingerprint density at radius 2 is 2.09 bits per heavy atom. The van der Waals surface area contributed by atoms with Crippen molar-refractivity contribution in [1.29, 1.82) is 5.26 Å². The molecule has 7 rings (SSSR count). The number of fused-ring (bicyclic) bond motifs is 2. The maximum absolute atomic E-state index is 16.8. The van der Waals surface area contributed by atoms with Crippen molar-refractivity contribution < 1.29 is 22.6 Å². The third kappa shape index (κ3) is 5.93. The van der Waals surface area contributed by atoms with E-state index in [4.69, 9.17) is 20.2 Å². The maximum Gasteiger partial charge on any atom is 0.319 e. The average molecular weight is 667 g/mol. The zero-order chi connectivity index (χ0) is 33.0. The van der Waals surface area contributed by atoms with Crippen molar-refractivity contribution in [2.75, 3.05) is 50.8 Å². The zero-order valence-corrected chi connectivity index (χ0v) is 27.2. The molecule has 2 aromatic heterocycles. The van der Waals surface area contributed by atoms with E-state index in [1.807, 2.05) is 11.0 Å². The summed E-state index contributed by atoms with van der Waals surface area (Å²) in [5.41, 5.74) is 6.56. The van der Waals surface area contributed by atoms with Crippen LogP contribution in [-0.4, -0.2) is 83.2 Å². The van der Waals surface area contributed by atoms with Gasteiger partial charge in [0, 0.05) is 55.4 Å². The van der Waals surface area contributed by atoms with Gasteiger partial charge in [0.05, 0.1) is 53.2 Å². The van der Waals surface area contributed by atoms with Crippen molar-refractivity contribution in [1.82, 2.24) is 25.2 Å². The van der Waals surface area contributed by atoms with Crippen molar-refractivity contribution >= 4 is 34.1 Å². The number of nitrogens with one attached hydrogen (secondary N) is 1.